The number of nitrogens with zero attached hydrogens (tertiary/aromatic N) is 4. The summed E-state index contributed by atoms with van der Waals surface area (Å²) in [5, 5.41) is 10.4. The summed E-state index contributed by atoms with van der Waals surface area (Å²) in [6, 6.07) is 0. The van der Waals surface area contributed by atoms with Gasteiger partial charge in [-0.25, -0.2) is 0 Å². The SMILES string of the molecule is Cn1nnc(N)n1.[Cu+2].[O-][Cl+2]([O-])[O-].[O-][Cl+2]([O-])[O-]. The van der Waals surface area contributed by atoms with Crippen molar-refractivity contribution in [3.63, 3.8) is 0 Å². The van der Waals surface area contributed by atoms with Crippen LogP contribution in [0.25, 0.3) is 0 Å². The monoisotopic (exact) mass is 328 g/mol. The van der Waals surface area contributed by atoms with E-state index in [-0.39, 0.29) is 23.0 Å². The van der Waals surface area contributed by atoms with Crippen molar-refractivity contribution in [3.05, 3.63) is 0 Å². The third kappa shape index (κ3) is 29.2. The molecule has 0 aliphatic carbocycles. The van der Waals surface area contributed by atoms with Gasteiger partial charge in [-0.15, -0.1) is 5.10 Å². The first-order chi connectivity index (χ1) is 6.75. The minimum atomic E-state index is -2.85. The number of anilines is 1. The van der Waals surface area contributed by atoms with Gasteiger partial charge >= 0.3 is 17.1 Å². The molecular formula is C2H5Cl2CuN5O6. The second-order valence-electron chi connectivity index (χ2n) is 1.52. The molecule has 0 aromatic carbocycles. The average molecular weight is 330 g/mol. The molecule has 0 bridgehead atoms. The van der Waals surface area contributed by atoms with Gasteiger partial charge in [0.25, 0.3) is 5.95 Å². The fourth-order valence-corrected chi connectivity index (χ4v) is 0.299. The van der Waals surface area contributed by atoms with Crippen LogP contribution in [-0.4, -0.2) is 20.2 Å². The van der Waals surface area contributed by atoms with Crippen LogP contribution in [0.4, 0.5) is 5.95 Å². The van der Waals surface area contributed by atoms with E-state index in [1.165, 1.54) is 4.80 Å². The van der Waals surface area contributed by atoms with E-state index in [4.69, 9.17) is 33.7 Å². The Balaban J connectivity index is -0.000000166. The predicted octanol–water partition coefficient (Wildman–Crippen LogP) is -8.34. The first kappa shape index (κ1) is 21.1. The van der Waals surface area contributed by atoms with Crippen LogP contribution in [0.3, 0.4) is 0 Å². The number of halogens is 2. The minimum Gasteiger partial charge on any atom is -0.365 e. The summed E-state index contributed by atoms with van der Waals surface area (Å²) >= 11 is 0. The molecule has 0 atom stereocenters. The average Bonchev–Trinajstić information content (AvgIpc) is 2.31. The zero-order chi connectivity index (χ0) is 12.4. The summed E-state index contributed by atoms with van der Waals surface area (Å²) in [7, 11) is -4.05. The molecule has 1 rings (SSSR count). The fraction of sp³-hybridized carbons (Fsp3) is 0.500. The van der Waals surface area contributed by atoms with E-state index in [9.17, 15) is 0 Å². The molecule has 0 aliphatic heterocycles. The largest absolute Gasteiger partial charge is 2.00 e. The van der Waals surface area contributed by atoms with Crippen molar-refractivity contribution in [1.82, 2.24) is 20.2 Å². The van der Waals surface area contributed by atoms with Crippen molar-refractivity contribution in [2.24, 2.45) is 7.05 Å². The molecule has 1 heterocycles. The van der Waals surface area contributed by atoms with Crippen LogP contribution < -0.4 is 33.7 Å². The van der Waals surface area contributed by atoms with Crippen molar-refractivity contribution < 1.29 is 66.6 Å². The number of hydrogen-bond acceptors (Lipinski definition) is 10. The molecule has 1 aromatic heterocycles. The van der Waals surface area contributed by atoms with Gasteiger partial charge in [0.1, 0.15) is 0 Å². The van der Waals surface area contributed by atoms with E-state index in [1.807, 2.05) is 0 Å². The number of tetrazole rings is 1. The van der Waals surface area contributed by atoms with E-state index in [2.05, 4.69) is 15.4 Å². The van der Waals surface area contributed by atoms with Gasteiger partial charge in [0.05, 0.1) is 28.6 Å². The molecule has 1 radical (unpaired) electrons. The van der Waals surface area contributed by atoms with Gasteiger partial charge in [0.2, 0.25) is 0 Å². The second-order valence-corrected chi connectivity index (χ2v) is 2.27. The summed E-state index contributed by atoms with van der Waals surface area (Å²) in [6.07, 6.45) is 0. The zero-order valence-corrected chi connectivity index (χ0v) is 9.83. The Morgan fingerprint density at radius 3 is 1.44 bits per heavy atom. The number of aryl methyl sites for hydroxylation is 1. The van der Waals surface area contributed by atoms with Crippen molar-refractivity contribution in [1.29, 1.82) is 0 Å². The van der Waals surface area contributed by atoms with Gasteiger partial charge in [-0.1, -0.05) is 5.10 Å². The zero-order valence-electron chi connectivity index (χ0n) is 7.37. The summed E-state index contributed by atoms with van der Waals surface area (Å²) in [5.74, 6) is 0.211. The van der Waals surface area contributed by atoms with Gasteiger partial charge in [-0.3, -0.25) is 0 Å². The second kappa shape index (κ2) is 12.8. The molecule has 0 aliphatic rings. The molecule has 11 nitrogen and oxygen atoms in total. The predicted molar refractivity (Wildman–Crippen MR) is 23.2 cm³/mol. The first-order valence-corrected chi connectivity index (χ1v) is 4.56. The van der Waals surface area contributed by atoms with Crippen LogP contribution in [0.15, 0.2) is 0 Å². The van der Waals surface area contributed by atoms with Crippen LogP contribution in [0.5, 0.6) is 0 Å². The van der Waals surface area contributed by atoms with Crippen molar-refractivity contribution in [3.8, 4) is 0 Å². The molecule has 16 heavy (non-hydrogen) atoms. The Kier molecular flexibility index (Phi) is 16.8. The van der Waals surface area contributed by atoms with E-state index >= 15 is 0 Å². The van der Waals surface area contributed by atoms with E-state index in [0.717, 1.165) is 0 Å². The molecule has 0 amide bonds. The van der Waals surface area contributed by atoms with Crippen molar-refractivity contribution >= 4 is 5.95 Å². The third-order valence-electron chi connectivity index (χ3n) is 0.524. The molecule has 0 saturated heterocycles. The van der Waals surface area contributed by atoms with Crippen molar-refractivity contribution in [2.75, 3.05) is 5.73 Å². The molecule has 0 spiro atoms. The maximum atomic E-state index is 8.41. The van der Waals surface area contributed by atoms with Crippen LogP contribution in [0, 0.1) is 21.6 Å². The Labute approximate surface area is 106 Å². The molecule has 2 N–H and O–H groups in total. The maximum Gasteiger partial charge on any atom is 2.00 e. The Bertz CT molecular complexity index is 221. The van der Waals surface area contributed by atoms with Crippen LogP contribution >= 0.6 is 0 Å². The number of rotatable bonds is 0. The maximum absolute atomic E-state index is 8.41. The normalized spacial score (nSPS) is 8.56. The van der Waals surface area contributed by atoms with Crippen LogP contribution in [0.1, 0.15) is 0 Å². The molecule has 0 fully saturated rings. The molecular weight excluding hydrogens is 325 g/mol. The molecule has 14 heteroatoms. The van der Waals surface area contributed by atoms with Gasteiger partial charge in [0, 0.05) is 0 Å². The summed E-state index contributed by atoms with van der Waals surface area (Å²) in [6.45, 7) is 0. The summed E-state index contributed by atoms with van der Waals surface area (Å²) in [5.41, 5.74) is 5.07. The van der Waals surface area contributed by atoms with Crippen LogP contribution in [0.2, 0.25) is 0 Å². The van der Waals surface area contributed by atoms with E-state index < -0.39 is 21.6 Å². The van der Waals surface area contributed by atoms with Gasteiger partial charge in [-0.2, -0.15) is 4.80 Å². The van der Waals surface area contributed by atoms with Gasteiger partial charge < -0.3 is 33.7 Å². The molecule has 1 aromatic rings. The Morgan fingerprint density at radius 1 is 1.06 bits per heavy atom. The van der Waals surface area contributed by atoms with Crippen molar-refractivity contribution in [2.45, 2.75) is 0 Å². The Hall–Kier alpha value is -0.271. The first-order valence-electron chi connectivity index (χ1n) is 2.71. The summed E-state index contributed by atoms with van der Waals surface area (Å²) < 4.78 is 50.4. The number of nitrogen functional groups attached to an aromatic ring is 1. The molecule has 99 valence electrons. The molecule has 0 unspecified atom stereocenters. The fourth-order valence-electron chi connectivity index (χ4n) is 0.299. The number of hydrogen-bond donors (Lipinski definition) is 1. The third-order valence-corrected chi connectivity index (χ3v) is 0.524. The minimum absolute atomic E-state index is 0. The Morgan fingerprint density at radius 2 is 1.38 bits per heavy atom. The topological polar surface area (TPSA) is 208 Å². The molecule has 0 saturated carbocycles. The standard InChI is InChI=1S/C2H5N5.2ClO3.Cu/c1-7-5-2(3)4-6-7;2*2-1(3)4;/h1H3,(H2,3,5);;;/q;2*-1;+2. The number of nitrogens with two attached hydrogens (primary N) is 1. The smallest absolute Gasteiger partial charge is 0.365 e. The van der Waals surface area contributed by atoms with E-state index in [1.54, 1.807) is 7.05 Å². The summed E-state index contributed by atoms with van der Waals surface area (Å²) in [4.78, 5) is 1.30. The van der Waals surface area contributed by atoms with E-state index in [0.29, 0.717) is 0 Å². The van der Waals surface area contributed by atoms with Gasteiger partial charge in [0.15, 0.2) is 0 Å². The quantitative estimate of drug-likeness (QED) is 0.444. The van der Waals surface area contributed by atoms with Crippen LogP contribution in [-0.2, 0) is 24.1 Å². The van der Waals surface area contributed by atoms with Gasteiger partial charge in [-0.05, 0) is 5.21 Å². The number of aromatic nitrogens is 4.